The number of amides is 1. The van der Waals surface area contributed by atoms with Crippen LogP contribution in [0.3, 0.4) is 0 Å². The van der Waals surface area contributed by atoms with Crippen LogP contribution in [0.1, 0.15) is 30.6 Å². The van der Waals surface area contributed by atoms with Gasteiger partial charge in [0, 0.05) is 25.2 Å². The van der Waals surface area contributed by atoms with E-state index < -0.39 is 12.0 Å². The molecule has 0 saturated heterocycles. The van der Waals surface area contributed by atoms with Gasteiger partial charge in [-0.05, 0) is 6.92 Å². The zero-order valence-electron chi connectivity index (χ0n) is 9.52. The predicted molar refractivity (Wildman–Crippen MR) is 56.8 cm³/mol. The van der Waals surface area contributed by atoms with E-state index >= 15 is 0 Å². The summed E-state index contributed by atoms with van der Waals surface area (Å²) in [5.41, 5.74) is 1.58. The number of carbonyl (C=O) groups is 2. The number of aryl methyl sites for hydroxylation is 1. The second kappa shape index (κ2) is 4.78. The molecule has 0 aliphatic heterocycles. The van der Waals surface area contributed by atoms with Gasteiger partial charge in [-0.15, -0.1) is 0 Å². The molecule has 1 aromatic rings. The number of aliphatic carboxylic acids is 1. The number of aromatic nitrogens is 2. The smallest absolute Gasteiger partial charge is 0.305 e. The lowest BCUT2D eigenvalue weighted by Crippen LogP contribution is -2.28. The molecule has 88 valence electrons. The van der Waals surface area contributed by atoms with E-state index in [4.69, 9.17) is 5.11 Å². The van der Waals surface area contributed by atoms with Gasteiger partial charge in [-0.25, -0.2) is 0 Å². The van der Waals surface area contributed by atoms with Gasteiger partial charge in [-0.3, -0.25) is 14.3 Å². The standard InChI is InChI=1S/C10H15N3O3/c1-6-8(5-11-13(6)3)9(4-10(15)16)12-7(2)14/h5,9H,4H2,1-3H3,(H,12,14)(H,15,16). The van der Waals surface area contributed by atoms with Gasteiger partial charge in [0.25, 0.3) is 0 Å². The monoisotopic (exact) mass is 225 g/mol. The van der Waals surface area contributed by atoms with Crippen LogP contribution in [0, 0.1) is 6.92 Å². The number of carboxylic acids is 1. The third kappa shape index (κ3) is 2.82. The Hall–Kier alpha value is -1.85. The van der Waals surface area contributed by atoms with E-state index in [-0.39, 0.29) is 12.3 Å². The summed E-state index contributed by atoms with van der Waals surface area (Å²) in [4.78, 5) is 21.7. The molecule has 0 aromatic carbocycles. The summed E-state index contributed by atoms with van der Waals surface area (Å²) in [5.74, 6) is -1.21. The topological polar surface area (TPSA) is 84.2 Å². The molecule has 0 fully saturated rings. The molecule has 2 N–H and O–H groups in total. The first-order valence-corrected chi connectivity index (χ1v) is 4.89. The van der Waals surface area contributed by atoms with Crippen LogP contribution in [0.2, 0.25) is 0 Å². The second-order valence-corrected chi connectivity index (χ2v) is 3.66. The Morgan fingerprint density at radius 3 is 2.62 bits per heavy atom. The number of hydrogen-bond acceptors (Lipinski definition) is 3. The zero-order chi connectivity index (χ0) is 12.3. The normalized spacial score (nSPS) is 12.2. The van der Waals surface area contributed by atoms with Crippen molar-refractivity contribution in [2.45, 2.75) is 26.3 Å². The molecule has 16 heavy (non-hydrogen) atoms. The summed E-state index contributed by atoms with van der Waals surface area (Å²) in [6.45, 7) is 3.19. The lowest BCUT2D eigenvalue weighted by atomic mass is 10.0. The molecule has 0 spiro atoms. The molecule has 6 heteroatoms. The minimum absolute atomic E-state index is 0.147. The van der Waals surface area contributed by atoms with Gasteiger partial charge in [0.2, 0.25) is 5.91 Å². The highest BCUT2D eigenvalue weighted by molar-refractivity contribution is 5.75. The number of hydrogen-bond donors (Lipinski definition) is 2. The number of carboxylic acid groups (broad SMARTS) is 1. The van der Waals surface area contributed by atoms with E-state index in [0.29, 0.717) is 0 Å². The number of nitrogens with one attached hydrogen (secondary N) is 1. The third-order valence-corrected chi connectivity index (χ3v) is 2.40. The van der Waals surface area contributed by atoms with Gasteiger partial charge in [-0.1, -0.05) is 0 Å². The number of nitrogens with zero attached hydrogens (tertiary/aromatic N) is 2. The molecule has 1 amide bonds. The van der Waals surface area contributed by atoms with Crippen molar-refractivity contribution in [2.75, 3.05) is 0 Å². The fourth-order valence-electron chi connectivity index (χ4n) is 1.52. The lowest BCUT2D eigenvalue weighted by Gasteiger charge is -2.15. The average Bonchev–Trinajstić information content (AvgIpc) is 2.45. The van der Waals surface area contributed by atoms with Crippen LogP contribution in [0.5, 0.6) is 0 Å². The highest BCUT2D eigenvalue weighted by atomic mass is 16.4. The van der Waals surface area contributed by atoms with Gasteiger partial charge in [0.1, 0.15) is 0 Å². The Balaban J connectivity index is 2.95. The van der Waals surface area contributed by atoms with Crippen molar-refractivity contribution in [1.82, 2.24) is 15.1 Å². The molecule has 1 rings (SSSR count). The Morgan fingerprint density at radius 1 is 1.62 bits per heavy atom. The van der Waals surface area contributed by atoms with E-state index in [1.807, 2.05) is 6.92 Å². The molecule has 1 atom stereocenters. The van der Waals surface area contributed by atoms with Crippen LogP contribution in [-0.2, 0) is 16.6 Å². The Morgan fingerprint density at radius 2 is 2.25 bits per heavy atom. The number of carbonyl (C=O) groups excluding carboxylic acids is 1. The van der Waals surface area contributed by atoms with Crippen LogP contribution >= 0.6 is 0 Å². The van der Waals surface area contributed by atoms with Crippen LogP contribution < -0.4 is 5.32 Å². The van der Waals surface area contributed by atoms with Gasteiger partial charge in [-0.2, -0.15) is 5.10 Å². The minimum Gasteiger partial charge on any atom is -0.481 e. The van der Waals surface area contributed by atoms with E-state index in [0.717, 1.165) is 11.3 Å². The molecule has 0 aliphatic carbocycles. The first-order chi connectivity index (χ1) is 7.41. The van der Waals surface area contributed by atoms with Gasteiger partial charge in [0.05, 0.1) is 18.7 Å². The first kappa shape index (κ1) is 12.2. The Bertz CT molecular complexity index is 395. The van der Waals surface area contributed by atoms with Crippen LogP contribution in [-0.4, -0.2) is 26.8 Å². The molecule has 0 radical (unpaired) electrons. The van der Waals surface area contributed by atoms with Crippen molar-refractivity contribution in [3.8, 4) is 0 Å². The van der Waals surface area contributed by atoms with E-state index in [1.165, 1.54) is 6.92 Å². The third-order valence-electron chi connectivity index (χ3n) is 2.40. The molecule has 1 heterocycles. The molecular formula is C10H15N3O3. The van der Waals surface area contributed by atoms with Gasteiger partial charge in [0.15, 0.2) is 0 Å². The fourth-order valence-corrected chi connectivity index (χ4v) is 1.52. The molecule has 1 aromatic heterocycles. The van der Waals surface area contributed by atoms with Crippen molar-refractivity contribution in [3.05, 3.63) is 17.5 Å². The summed E-state index contributed by atoms with van der Waals surface area (Å²) >= 11 is 0. The van der Waals surface area contributed by atoms with Crippen LogP contribution in [0.15, 0.2) is 6.20 Å². The van der Waals surface area contributed by atoms with Crippen molar-refractivity contribution < 1.29 is 14.7 Å². The number of rotatable bonds is 4. The molecular weight excluding hydrogens is 210 g/mol. The zero-order valence-corrected chi connectivity index (χ0v) is 9.52. The van der Waals surface area contributed by atoms with E-state index in [9.17, 15) is 9.59 Å². The summed E-state index contributed by atoms with van der Waals surface area (Å²) in [5, 5.41) is 15.4. The molecule has 1 unspecified atom stereocenters. The summed E-state index contributed by atoms with van der Waals surface area (Å²) in [6, 6.07) is -0.524. The largest absolute Gasteiger partial charge is 0.481 e. The fraction of sp³-hybridized carbons (Fsp3) is 0.500. The maximum atomic E-state index is 11.0. The Labute approximate surface area is 93.3 Å². The highest BCUT2D eigenvalue weighted by Gasteiger charge is 2.20. The van der Waals surface area contributed by atoms with E-state index in [2.05, 4.69) is 10.4 Å². The predicted octanol–water partition coefficient (Wildman–Crippen LogP) is 0.380. The molecule has 6 nitrogen and oxygen atoms in total. The minimum atomic E-state index is -0.956. The molecule has 0 aliphatic rings. The Kier molecular flexibility index (Phi) is 3.65. The quantitative estimate of drug-likeness (QED) is 0.775. The second-order valence-electron chi connectivity index (χ2n) is 3.66. The maximum absolute atomic E-state index is 11.0. The summed E-state index contributed by atoms with van der Waals surface area (Å²) in [6.07, 6.45) is 1.44. The maximum Gasteiger partial charge on any atom is 0.305 e. The highest BCUT2D eigenvalue weighted by Crippen LogP contribution is 2.19. The summed E-state index contributed by atoms with van der Waals surface area (Å²) < 4.78 is 1.64. The molecule has 0 saturated carbocycles. The van der Waals surface area contributed by atoms with Crippen molar-refractivity contribution in [2.24, 2.45) is 7.05 Å². The van der Waals surface area contributed by atoms with Crippen LogP contribution in [0.4, 0.5) is 0 Å². The van der Waals surface area contributed by atoms with Crippen molar-refractivity contribution in [1.29, 1.82) is 0 Å². The molecule has 0 bridgehead atoms. The first-order valence-electron chi connectivity index (χ1n) is 4.89. The van der Waals surface area contributed by atoms with Crippen molar-refractivity contribution >= 4 is 11.9 Å². The van der Waals surface area contributed by atoms with Gasteiger partial charge < -0.3 is 10.4 Å². The van der Waals surface area contributed by atoms with Crippen LogP contribution in [0.25, 0.3) is 0 Å². The van der Waals surface area contributed by atoms with Gasteiger partial charge >= 0.3 is 5.97 Å². The van der Waals surface area contributed by atoms with E-state index in [1.54, 1.807) is 17.9 Å². The lowest BCUT2D eigenvalue weighted by molar-refractivity contribution is -0.137. The average molecular weight is 225 g/mol. The van der Waals surface area contributed by atoms with Crippen molar-refractivity contribution in [3.63, 3.8) is 0 Å². The summed E-state index contributed by atoms with van der Waals surface area (Å²) in [7, 11) is 1.77. The SMILES string of the molecule is CC(=O)NC(CC(=O)O)c1cnn(C)c1C.